The molecule has 1 amide bonds. The second-order valence-corrected chi connectivity index (χ2v) is 19.1. The number of hydrogen-bond acceptors (Lipinski definition) is 10. The van der Waals surface area contributed by atoms with Crippen LogP contribution in [-0.4, -0.2) is 69.0 Å². The topological polar surface area (TPSA) is 154 Å². The number of β-lactam (4-membered cyclic amide) rings is 1. The zero-order valence-electron chi connectivity index (χ0n) is 26.6. The number of aliphatic hydroxyl groups excluding tert-OH is 1. The smallest absolute Gasteiger partial charge is 0.355 e. The normalized spacial score (nSPS) is 20.8. The average Bonchev–Trinajstić information content (AvgIpc) is 3.59. The number of Topliss-reactive ketones (excluding diaryl/α,β-unsaturated/α-hetero) is 1. The van der Waals surface area contributed by atoms with E-state index in [1.165, 1.54) is 40.5 Å². The van der Waals surface area contributed by atoms with E-state index in [9.17, 15) is 29.6 Å². The quantitative estimate of drug-likeness (QED) is 0.0783. The highest BCUT2D eigenvalue weighted by Crippen LogP contribution is 2.52. The van der Waals surface area contributed by atoms with Crippen molar-refractivity contribution in [1.29, 1.82) is 0 Å². The minimum atomic E-state index is -2.18. The fraction of sp³-hybridized carbons (Fsp3) is 0.484. The van der Waals surface area contributed by atoms with Gasteiger partial charge in [-0.05, 0) is 49.7 Å². The first-order chi connectivity index (χ1) is 20.9. The van der Waals surface area contributed by atoms with Crippen LogP contribution in [0.3, 0.4) is 0 Å². The number of imidazole rings is 1. The Kier molecular flexibility index (Phi) is 8.40. The summed E-state index contributed by atoms with van der Waals surface area (Å²) in [6, 6.07) is 5.23. The SMILES string of the molecule is Cc1nc(C(=O)CO[Si](C)(C)C(C)(C)C)c2sc(C3=C(C(=O)OCc4ccc([N+](=O)[O-])cc4)N4C(=O)[C@H]([C@@H](C)O)[C@H]4[C@H]3C)cn12. The predicted molar refractivity (Wildman–Crippen MR) is 170 cm³/mol. The molecule has 0 unspecified atom stereocenters. The number of carbonyl (C=O) groups excluding carboxylic acids is 3. The second-order valence-electron chi connectivity index (χ2n) is 13.3. The lowest BCUT2D eigenvalue weighted by atomic mass is 9.77. The highest BCUT2D eigenvalue weighted by atomic mass is 32.1. The molecular weight excluding hydrogens is 617 g/mol. The van der Waals surface area contributed by atoms with Gasteiger partial charge in [-0.2, -0.15) is 0 Å². The van der Waals surface area contributed by atoms with Crippen molar-refractivity contribution in [2.45, 2.75) is 78.4 Å². The number of fused-ring (bicyclic) bond motifs is 2. The number of ketones is 1. The molecule has 4 atom stereocenters. The molecule has 0 radical (unpaired) electrons. The summed E-state index contributed by atoms with van der Waals surface area (Å²) in [6.45, 7) is 15.5. The molecule has 1 aromatic carbocycles. The Labute approximate surface area is 265 Å². The van der Waals surface area contributed by atoms with Crippen LogP contribution in [0.25, 0.3) is 10.4 Å². The molecule has 1 N–H and O–H groups in total. The maximum atomic E-state index is 13.7. The number of carbonyl (C=O) groups is 3. The molecule has 0 spiro atoms. The van der Waals surface area contributed by atoms with E-state index in [0.29, 0.717) is 26.7 Å². The van der Waals surface area contributed by atoms with Crippen molar-refractivity contribution >= 4 is 53.4 Å². The molecule has 1 saturated heterocycles. The van der Waals surface area contributed by atoms with E-state index in [-0.39, 0.29) is 52.9 Å². The number of aliphatic hydroxyl groups is 1. The number of rotatable bonds is 10. The first kappa shape index (κ1) is 32.7. The Bertz CT molecular complexity index is 1730. The summed E-state index contributed by atoms with van der Waals surface area (Å²) in [4.78, 5) is 58.0. The number of nitro benzene ring substituents is 1. The number of hydrogen-bond donors (Lipinski definition) is 1. The zero-order valence-corrected chi connectivity index (χ0v) is 28.4. The number of non-ortho nitro benzene ring substituents is 1. The van der Waals surface area contributed by atoms with Gasteiger partial charge in [-0.1, -0.05) is 27.7 Å². The molecular formula is C31H38N4O8SSi. The van der Waals surface area contributed by atoms with Gasteiger partial charge in [0, 0.05) is 29.8 Å². The van der Waals surface area contributed by atoms with Crippen LogP contribution in [-0.2, 0) is 25.4 Å². The zero-order chi connectivity index (χ0) is 33.2. The molecule has 2 aliphatic heterocycles. The highest BCUT2D eigenvalue weighted by Gasteiger charge is 2.60. The van der Waals surface area contributed by atoms with E-state index in [1.807, 2.05) is 17.5 Å². The highest BCUT2D eigenvalue weighted by molar-refractivity contribution is 7.18. The van der Waals surface area contributed by atoms with Crippen LogP contribution in [0.15, 0.2) is 36.2 Å². The maximum absolute atomic E-state index is 13.7. The molecule has 0 bridgehead atoms. The average molecular weight is 655 g/mol. The van der Waals surface area contributed by atoms with Gasteiger partial charge in [-0.15, -0.1) is 11.3 Å². The summed E-state index contributed by atoms with van der Waals surface area (Å²) < 4.78 is 13.6. The molecule has 45 heavy (non-hydrogen) atoms. The molecule has 2 aromatic heterocycles. The van der Waals surface area contributed by atoms with Crippen molar-refractivity contribution in [1.82, 2.24) is 14.3 Å². The van der Waals surface area contributed by atoms with Crippen LogP contribution >= 0.6 is 11.3 Å². The number of thiazole rings is 1. The molecule has 4 heterocycles. The van der Waals surface area contributed by atoms with Gasteiger partial charge < -0.3 is 19.2 Å². The van der Waals surface area contributed by atoms with Gasteiger partial charge in [0.1, 0.15) is 28.7 Å². The standard InChI is InChI=1S/C31H38N4O8SSi/c1-16-23(22-13-33-18(3)32-25(29(33)44-22)21(37)15-43-45(7,8)31(4,5)6)27(34-26(16)24(17(2)36)28(34)38)30(39)42-14-19-9-11-20(12-10-19)35(40)41/h9-13,16-17,24,26,36H,14-15H2,1-8H3/t16-,17+,24+,26+/m0/s1. The molecule has 14 heteroatoms. The van der Waals surface area contributed by atoms with Crippen molar-refractivity contribution < 1.29 is 33.6 Å². The van der Waals surface area contributed by atoms with Crippen LogP contribution in [0.2, 0.25) is 18.1 Å². The van der Waals surface area contributed by atoms with E-state index in [4.69, 9.17) is 9.16 Å². The number of benzene rings is 1. The third-order valence-electron chi connectivity index (χ3n) is 9.28. The summed E-state index contributed by atoms with van der Waals surface area (Å²) >= 11 is 1.30. The van der Waals surface area contributed by atoms with Crippen molar-refractivity contribution in [3.63, 3.8) is 0 Å². The number of amides is 1. The van der Waals surface area contributed by atoms with E-state index >= 15 is 0 Å². The Morgan fingerprint density at radius 2 is 1.87 bits per heavy atom. The minimum Gasteiger partial charge on any atom is -0.456 e. The van der Waals surface area contributed by atoms with Crippen LogP contribution in [0, 0.1) is 28.9 Å². The van der Waals surface area contributed by atoms with E-state index in [0.717, 1.165) is 0 Å². The molecule has 12 nitrogen and oxygen atoms in total. The molecule has 5 rings (SSSR count). The Balaban J connectivity index is 1.49. The van der Waals surface area contributed by atoms with Crippen molar-refractivity contribution in [2.75, 3.05) is 6.61 Å². The van der Waals surface area contributed by atoms with Crippen LogP contribution in [0.1, 0.15) is 61.4 Å². The summed E-state index contributed by atoms with van der Waals surface area (Å²) in [6.07, 6.45) is 0.908. The first-order valence-electron chi connectivity index (χ1n) is 14.8. The van der Waals surface area contributed by atoms with Gasteiger partial charge in [0.25, 0.3) is 5.69 Å². The van der Waals surface area contributed by atoms with E-state index < -0.39 is 37.3 Å². The third kappa shape index (κ3) is 5.64. The number of aryl methyl sites for hydroxylation is 1. The maximum Gasteiger partial charge on any atom is 0.355 e. The van der Waals surface area contributed by atoms with Crippen molar-refractivity contribution in [3.05, 3.63) is 68.2 Å². The number of ether oxygens (including phenoxy) is 1. The summed E-state index contributed by atoms with van der Waals surface area (Å²) in [5, 5.41) is 21.3. The first-order valence-corrected chi connectivity index (χ1v) is 18.5. The molecule has 240 valence electrons. The molecule has 0 aliphatic carbocycles. The van der Waals surface area contributed by atoms with Gasteiger partial charge in [0.2, 0.25) is 11.7 Å². The number of aromatic nitrogens is 2. The fourth-order valence-corrected chi connectivity index (χ4v) is 7.90. The molecule has 2 aliphatic rings. The minimum absolute atomic E-state index is 0.0621. The molecule has 1 fully saturated rings. The van der Waals surface area contributed by atoms with Crippen LogP contribution in [0.5, 0.6) is 0 Å². The predicted octanol–water partition coefficient (Wildman–Crippen LogP) is 5.13. The fourth-order valence-electron chi connectivity index (χ4n) is 5.67. The van der Waals surface area contributed by atoms with Crippen molar-refractivity contribution in [3.8, 4) is 0 Å². The van der Waals surface area contributed by atoms with E-state index in [2.05, 4.69) is 38.8 Å². The van der Waals surface area contributed by atoms with E-state index in [1.54, 1.807) is 13.8 Å². The third-order valence-corrected chi connectivity index (χ3v) is 14.9. The number of nitrogens with zero attached hydrogens (tertiary/aromatic N) is 4. The second kappa shape index (κ2) is 11.6. The van der Waals surface area contributed by atoms with Crippen LogP contribution < -0.4 is 0 Å². The lowest BCUT2D eigenvalue weighted by Gasteiger charge is -2.46. The van der Waals surface area contributed by atoms with Gasteiger partial charge in [-0.3, -0.25) is 24.1 Å². The Morgan fingerprint density at radius 1 is 1.22 bits per heavy atom. The number of esters is 1. The van der Waals surface area contributed by atoms with Gasteiger partial charge in [0.15, 0.2) is 8.32 Å². The molecule has 0 saturated carbocycles. The summed E-state index contributed by atoms with van der Waals surface area (Å²) in [7, 11) is -2.18. The lowest BCUT2D eigenvalue weighted by molar-refractivity contribution is -0.384. The van der Waals surface area contributed by atoms with Gasteiger partial charge in [0.05, 0.1) is 34.5 Å². The Morgan fingerprint density at radius 3 is 2.44 bits per heavy atom. The number of nitro groups is 1. The van der Waals surface area contributed by atoms with Gasteiger partial charge in [-0.25, -0.2) is 9.78 Å². The monoisotopic (exact) mass is 654 g/mol. The summed E-state index contributed by atoms with van der Waals surface area (Å²) in [5.74, 6) is -1.71. The largest absolute Gasteiger partial charge is 0.456 e. The van der Waals surface area contributed by atoms with Gasteiger partial charge >= 0.3 is 5.97 Å². The summed E-state index contributed by atoms with van der Waals surface area (Å²) in [5.41, 5.74) is 1.44. The Hall–Kier alpha value is -3.72. The van der Waals surface area contributed by atoms with Crippen molar-refractivity contribution in [2.24, 2.45) is 11.8 Å². The molecule has 3 aromatic rings. The van der Waals surface area contributed by atoms with Crippen LogP contribution in [0.4, 0.5) is 5.69 Å². The lowest BCUT2D eigenvalue weighted by Crippen LogP contribution is -2.63.